The summed E-state index contributed by atoms with van der Waals surface area (Å²) in [5.74, 6) is 1.39. The molecular weight excluding hydrogens is 307 g/mol. The Morgan fingerprint density at radius 3 is 2.70 bits per heavy atom. The van der Waals surface area contributed by atoms with E-state index in [4.69, 9.17) is 4.74 Å². The molecule has 3 aromatic rings. The van der Waals surface area contributed by atoms with Crippen LogP contribution in [0.2, 0.25) is 0 Å². The molecule has 23 heavy (non-hydrogen) atoms. The van der Waals surface area contributed by atoms with Crippen molar-refractivity contribution in [2.24, 2.45) is 0 Å². The van der Waals surface area contributed by atoms with Crippen LogP contribution >= 0.6 is 0 Å². The Morgan fingerprint density at radius 1 is 1.17 bits per heavy atom. The van der Waals surface area contributed by atoms with Crippen molar-refractivity contribution in [3.8, 4) is 28.5 Å². The summed E-state index contributed by atoms with van der Waals surface area (Å²) >= 11 is 0. The second-order valence-electron chi connectivity index (χ2n) is 4.57. The maximum atomic E-state index is 12.2. The average Bonchev–Trinajstić information content (AvgIpc) is 3.07. The van der Waals surface area contributed by atoms with Crippen LogP contribution in [0, 0.1) is 0 Å². The summed E-state index contributed by atoms with van der Waals surface area (Å²) in [6, 6.07) is 7.43. The van der Waals surface area contributed by atoms with E-state index >= 15 is 0 Å². The molecule has 0 amide bonds. The first-order valence-corrected chi connectivity index (χ1v) is 6.85. The zero-order valence-corrected chi connectivity index (χ0v) is 11.9. The predicted molar refractivity (Wildman–Crippen MR) is 86.4 cm³/mol. The molecule has 0 atom stereocenters. The Hall–Kier alpha value is -2.03. The van der Waals surface area contributed by atoms with Crippen LogP contribution in [-0.2, 0) is 0 Å². The molecule has 2 heterocycles. The summed E-state index contributed by atoms with van der Waals surface area (Å²) in [4.78, 5) is 19.2. The normalized spacial score (nSPS) is 10.1. The second kappa shape index (κ2) is 8.00. The van der Waals surface area contributed by atoms with E-state index in [1.807, 2.05) is 31.2 Å². The molecule has 0 saturated heterocycles. The van der Waals surface area contributed by atoms with Crippen LogP contribution in [0.5, 0.6) is 5.75 Å². The molecule has 8 nitrogen and oxygen atoms in total. The van der Waals surface area contributed by atoms with Gasteiger partial charge in [0.2, 0.25) is 0 Å². The van der Waals surface area contributed by atoms with Gasteiger partial charge in [-0.2, -0.15) is 0 Å². The number of rotatable bonds is 5. The topological polar surface area (TPSA) is 109 Å². The fourth-order valence-corrected chi connectivity index (χ4v) is 1.97. The predicted octanol–water partition coefficient (Wildman–Crippen LogP) is 0.757. The molecule has 2 N–H and O–H groups in total. The standard InChI is InChI=1S/C14H14N6O2.Na.H/c1-2-7-22-11-6-4-3-5-9(11)12-15-8-10(14(21)16-12)13-17-19-20-18-13;;/h3-6,8H,2,7H2,1H3,(H,15,16,21)(H,17,18,19,20);;. The van der Waals surface area contributed by atoms with E-state index in [0.29, 0.717) is 18.2 Å². The third-order valence-corrected chi connectivity index (χ3v) is 3.00. The van der Waals surface area contributed by atoms with Gasteiger partial charge in [0.1, 0.15) is 17.1 Å². The number of nitrogens with zero attached hydrogens (tertiary/aromatic N) is 4. The summed E-state index contributed by atoms with van der Waals surface area (Å²) in [5.41, 5.74) is 0.685. The van der Waals surface area contributed by atoms with Crippen molar-refractivity contribution >= 4 is 29.6 Å². The fourth-order valence-electron chi connectivity index (χ4n) is 1.97. The van der Waals surface area contributed by atoms with Gasteiger partial charge in [-0.1, -0.05) is 19.1 Å². The molecule has 0 fully saturated rings. The molecule has 9 heteroatoms. The molecule has 0 bridgehead atoms. The van der Waals surface area contributed by atoms with Crippen LogP contribution in [-0.4, -0.2) is 66.8 Å². The Bertz CT molecular complexity index is 818. The Balaban J connectivity index is 0.00000192. The van der Waals surface area contributed by atoms with Crippen molar-refractivity contribution in [1.29, 1.82) is 0 Å². The number of benzene rings is 1. The van der Waals surface area contributed by atoms with Crippen molar-refractivity contribution in [2.45, 2.75) is 13.3 Å². The van der Waals surface area contributed by atoms with Gasteiger partial charge in [0.25, 0.3) is 5.56 Å². The van der Waals surface area contributed by atoms with Crippen LogP contribution < -0.4 is 10.3 Å². The summed E-state index contributed by atoms with van der Waals surface area (Å²) in [6.07, 6.45) is 2.34. The van der Waals surface area contributed by atoms with Crippen molar-refractivity contribution in [3.05, 3.63) is 40.8 Å². The quantitative estimate of drug-likeness (QED) is 0.671. The monoisotopic (exact) mass is 322 g/mol. The average molecular weight is 322 g/mol. The first-order chi connectivity index (χ1) is 10.8. The van der Waals surface area contributed by atoms with Gasteiger partial charge in [0.15, 0.2) is 5.82 Å². The number of hydrogen-bond donors (Lipinski definition) is 2. The van der Waals surface area contributed by atoms with Crippen molar-refractivity contribution in [3.63, 3.8) is 0 Å². The van der Waals surface area contributed by atoms with Crippen LogP contribution in [0.4, 0.5) is 0 Å². The fraction of sp³-hybridized carbons (Fsp3) is 0.214. The minimum atomic E-state index is -0.325. The first kappa shape index (κ1) is 17.3. The summed E-state index contributed by atoms with van der Waals surface area (Å²) < 4.78 is 5.68. The number of H-pyrrole nitrogens is 2. The van der Waals surface area contributed by atoms with E-state index in [1.165, 1.54) is 6.20 Å². The minimum absolute atomic E-state index is 0. The van der Waals surface area contributed by atoms with Crippen molar-refractivity contribution in [2.75, 3.05) is 6.61 Å². The van der Waals surface area contributed by atoms with E-state index in [1.54, 1.807) is 0 Å². The van der Waals surface area contributed by atoms with E-state index in [0.717, 1.165) is 12.0 Å². The number of aromatic amines is 2. The molecule has 0 aliphatic heterocycles. The van der Waals surface area contributed by atoms with Gasteiger partial charge >= 0.3 is 29.6 Å². The van der Waals surface area contributed by atoms with Gasteiger partial charge in [-0.3, -0.25) is 4.79 Å². The molecular formula is C14H15N6NaO2. The van der Waals surface area contributed by atoms with Gasteiger partial charge in [-0.25, -0.2) is 10.1 Å². The Kier molecular flexibility index (Phi) is 6.03. The van der Waals surface area contributed by atoms with Crippen LogP contribution in [0.3, 0.4) is 0 Å². The molecule has 0 aliphatic rings. The summed E-state index contributed by atoms with van der Waals surface area (Å²) in [5, 5.41) is 13.1. The SMILES string of the molecule is CCCOc1ccccc1-c1ncc(-c2nnn[nH]2)c(=O)[nH]1.[NaH]. The number of ether oxygens (including phenoxy) is 1. The first-order valence-electron chi connectivity index (χ1n) is 6.85. The molecule has 114 valence electrons. The van der Waals surface area contributed by atoms with Gasteiger partial charge in [0, 0.05) is 6.20 Å². The van der Waals surface area contributed by atoms with E-state index in [-0.39, 0.29) is 46.5 Å². The number of para-hydroxylation sites is 1. The maximum absolute atomic E-state index is 12.2. The zero-order valence-electron chi connectivity index (χ0n) is 11.9. The van der Waals surface area contributed by atoms with E-state index < -0.39 is 0 Å². The summed E-state index contributed by atoms with van der Waals surface area (Å²) in [6.45, 7) is 2.63. The van der Waals surface area contributed by atoms with Crippen molar-refractivity contribution in [1.82, 2.24) is 30.6 Å². The number of nitrogens with one attached hydrogen (secondary N) is 2. The second-order valence-corrected chi connectivity index (χ2v) is 4.57. The zero-order chi connectivity index (χ0) is 15.4. The molecule has 2 aromatic heterocycles. The number of tetrazole rings is 1. The van der Waals surface area contributed by atoms with Crippen LogP contribution in [0.1, 0.15) is 13.3 Å². The number of aromatic nitrogens is 6. The summed E-state index contributed by atoms with van der Waals surface area (Å²) in [7, 11) is 0. The van der Waals surface area contributed by atoms with E-state index in [9.17, 15) is 4.79 Å². The van der Waals surface area contributed by atoms with Gasteiger partial charge in [-0.05, 0) is 29.0 Å². The van der Waals surface area contributed by atoms with Crippen molar-refractivity contribution < 1.29 is 4.74 Å². The van der Waals surface area contributed by atoms with Crippen LogP contribution in [0.15, 0.2) is 35.3 Å². The number of hydrogen-bond acceptors (Lipinski definition) is 6. The molecule has 0 aliphatic carbocycles. The molecule has 1 aromatic carbocycles. The molecule has 3 rings (SSSR count). The Labute approximate surface area is 154 Å². The third kappa shape index (κ3) is 3.84. The molecule has 0 unspecified atom stereocenters. The molecule has 0 spiro atoms. The van der Waals surface area contributed by atoms with Gasteiger partial charge in [0.05, 0.1) is 12.2 Å². The van der Waals surface area contributed by atoms with Gasteiger partial charge in [-0.15, -0.1) is 5.10 Å². The third-order valence-electron chi connectivity index (χ3n) is 3.00. The molecule has 0 saturated carbocycles. The molecule has 0 radical (unpaired) electrons. The Morgan fingerprint density at radius 2 is 2.00 bits per heavy atom. The van der Waals surface area contributed by atoms with Crippen LogP contribution in [0.25, 0.3) is 22.8 Å². The van der Waals surface area contributed by atoms with E-state index in [2.05, 4.69) is 30.6 Å². The van der Waals surface area contributed by atoms with Gasteiger partial charge < -0.3 is 9.72 Å².